The summed E-state index contributed by atoms with van der Waals surface area (Å²) in [7, 11) is 1.79. The molecule has 18 heavy (non-hydrogen) atoms. The van der Waals surface area contributed by atoms with E-state index in [-0.39, 0.29) is 11.9 Å². The highest BCUT2D eigenvalue weighted by Gasteiger charge is 2.18. The molecule has 0 fully saturated rings. The van der Waals surface area contributed by atoms with Crippen molar-refractivity contribution in [2.45, 2.75) is 26.3 Å². The Bertz CT molecular complexity index is 493. The van der Waals surface area contributed by atoms with Crippen molar-refractivity contribution in [1.29, 1.82) is 5.26 Å². The van der Waals surface area contributed by atoms with E-state index >= 15 is 0 Å². The predicted octanol–water partition coefficient (Wildman–Crippen LogP) is 3.76. The van der Waals surface area contributed by atoms with Crippen molar-refractivity contribution in [1.82, 2.24) is 4.90 Å². The summed E-state index contributed by atoms with van der Waals surface area (Å²) >= 11 is 5.72. The van der Waals surface area contributed by atoms with Crippen LogP contribution in [0.4, 0.5) is 4.39 Å². The van der Waals surface area contributed by atoms with E-state index in [1.807, 2.05) is 13.8 Å². The van der Waals surface area contributed by atoms with Crippen molar-refractivity contribution >= 4 is 17.4 Å². The molecule has 0 saturated carbocycles. The summed E-state index contributed by atoms with van der Waals surface area (Å²) in [4.78, 5) is 5.52. The first-order chi connectivity index (χ1) is 8.51. The van der Waals surface area contributed by atoms with Crippen LogP contribution >= 0.6 is 11.6 Å². The van der Waals surface area contributed by atoms with Gasteiger partial charge >= 0.3 is 0 Å². The van der Waals surface area contributed by atoms with E-state index in [2.05, 4.69) is 4.99 Å². The van der Waals surface area contributed by atoms with Gasteiger partial charge in [-0.15, -0.1) is 0 Å². The predicted molar refractivity (Wildman–Crippen MR) is 70.9 cm³/mol. The fraction of sp³-hybridized carbons (Fsp3) is 0.385. The zero-order valence-electron chi connectivity index (χ0n) is 10.6. The molecule has 0 aliphatic rings. The molecular formula is C13H15ClFN3. The summed E-state index contributed by atoms with van der Waals surface area (Å²) < 4.78 is 13.8. The van der Waals surface area contributed by atoms with E-state index in [9.17, 15) is 4.39 Å². The van der Waals surface area contributed by atoms with Gasteiger partial charge in [0.2, 0.25) is 6.19 Å². The Labute approximate surface area is 112 Å². The lowest BCUT2D eigenvalue weighted by Crippen LogP contribution is -2.29. The number of halogens is 2. The molecule has 96 valence electrons. The molecule has 1 aromatic rings. The molecule has 0 saturated heterocycles. The Morgan fingerprint density at radius 3 is 2.78 bits per heavy atom. The van der Waals surface area contributed by atoms with Gasteiger partial charge in [0.25, 0.3) is 0 Å². The maximum Gasteiger partial charge on any atom is 0.207 e. The second kappa shape index (κ2) is 6.36. The molecule has 5 heteroatoms. The first-order valence-corrected chi connectivity index (χ1v) is 6.02. The summed E-state index contributed by atoms with van der Waals surface area (Å²) in [5.74, 6) is 0.272. The third-order valence-corrected chi connectivity index (χ3v) is 3.13. The van der Waals surface area contributed by atoms with Gasteiger partial charge in [-0.1, -0.05) is 24.6 Å². The van der Waals surface area contributed by atoms with E-state index in [0.29, 0.717) is 22.8 Å². The van der Waals surface area contributed by atoms with E-state index in [1.54, 1.807) is 30.3 Å². The maximum atomic E-state index is 13.8. The number of nitrogens with zero attached hydrogens (tertiary/aromatic N) is 3. The Balaban J connectivity index is 3.03. The minimum atomic E-state index is -0.353. The second-order valence-electron chi connectivity index (χ2n) is 3.93. The number of hydrogen-bond donors (Lipinski definition) is 0. The molecule has 0 aliphatic carbocycles. The van der Waals surface area contributed by atoms with Crippen molar-refractivity contribution in [3.63, 3.8) is 0 Å². The van der Waals surface area contributed by atoms with Gasteiger partial charge in [0.1, 0.15) is 11.7 Å². The first-order valence-electron chi connectivity index (χ1n) is 5.64. The number of rotatable bonds is 3. The molecule has 0 spiro atoms. The maximum absolute atomic E-state index is 13.8. The van der Waals surface area contributed by atoms with Crippen molar-refractivity contribution < 1.29 is 4.39 Å². The summed E-state index contributed by atoms with van der Waals surface area (Å²) in [6, 6.07) is 4.37. The zero-order chi connectivity index (χ0) is 13.7. The van der Waals surface area contributed by atoms with Crippen LogP contribution < -0.4 is 0 Å². The molecule has 1 aromatic carbocycles. The average Bonchev–Trinajstić information content (AvgIpc) is 2.34. The van der Waals surface area contributed by atoms with Crippen LogP contribution in [0.25, 0.3) is 0 Å². The largest absolute Gasteiger partial charge is 0.356 e. The molecule has 3 nitrogen and oxygen atoms in total. The number of amidine groups is 1. The van der Waals surface area contributed by atoms with Crippen LogP contribution in [0.15, 0.2) is 23.2 Å². The molecule has 0 aromatic heterocycles. The van der Waals surface area contributed by atoms with Gasteiger partial charge < -0.3 is 4.90 Å². The fourth-order valence-corrected chi connectivity index (χ4v) is 1.90. The number of hydrogen-bond acceptors (Lipinski definition) is 2. The first kappa shape index (κ1) is 14.5. The molecule has 0 N–H and O–H groups in total. The van der Waals surface area contributed by atoms with Crippen LogP contribution in [-0.2, 0) is 0 Å². The van der Waals surface area contributed by atoms with E-state index in [4.69, 9.17) is 16.9 Å². The van der Waals surface area contributed by atoms with Crippen molar-refractivity contribution in [2.75, 3.05) is 7.05 Å². The minimum absolute atomic E-state index is 0.214. The molecule has 0 heterocycles. The van der Waals surface area contributed by atoms with Crippen LogP contribution in [0.3, 0.4) is 0 Å². The molecule has 1 atom stereocenters. The van der Waals surface area contributed by atoms with Crippen LogP contribution in [0.1, 0.15) is 31.9 Å². The molecule has 0 bridgehead atoms. The van der Waals surface area contributed by atoms with Crippen LogP contribution in [0.5, 0.6) is 0 Å². The highest BCUT2D eigenvalue weighted by atomic mass is 35.5. The Morgan fingerprint density at radius 2 is 2.28 bits per heavy atom. The molecule has 0 amide bonds. The summed E-state index contributed by atoms with van der Waals surface area (Å²) in [5, 5.41) is 8.97. The topological polar surface area (TPSA) is 39.4 Å². The lowest BCUT2D eigenvalue weighted by Gasteiger charge is -2.27. The highest BCUT2D eigenvalue weighted by Crippen LogP contribution is 2.25. The van der Waals surface area contributed by atoms with Gasteiger partial charge in [-0.25, -0.2) is 4.39 Å². The van der Waals surface area contributed by atoms with E-state index in [0.717, 1.165) is 0 Å². The molecular weight excluding hydrogens is 253 g/mol. The Morgan fingerprint density at radius 1 is 1.61 bits per heavy atom. The van der Waals surface area contributed by atoms with E-state index in [1.165, 1.54) is 6.07 Å². The van der Waals surface area contributed by atoms with Crippen LogP contribution in [0, 0.1) is 17.3 Å². The standard InChI is InChI=1S/C13H15ClFN3/c1-4-13(17-8-16)18(3)9(2)11-6-5-10(14)7-12(11)15/h5-7,9H,4H2,1-3H3/b17-13+. The molecule has 0 aliphatic heterocycles. The quantitative estimate of drug-likeness (QED) is 0.475. The molecule has 1 unspecified atom stereocenters. The number of aliphatic imine (C=N–C) groups is 1. The molecule has 1 rings (SSSR count). The van der Waals surface area contributed by atoms with Crippen molar-refractivity contribution in [2.24, 2.45) is 4.99 Å². The summed E-state index contributed by atoms with van der Waals surface area (Å²) in [5.41, 5.74) is 0.529. The van der Waals surface area contributed by atoms with Gasteiger partial charge in [-0.2, -0.15) is 10.3 Å². The zero-order valence-corrected chi connectivity index (χ0v) is 11.4. The van der Waals surface area contributed by atoms with Gasteiger partial charge in [0.05, 0.1) is 6.04 Å². The second-order valence-corrected chi connectivity index (χ2v) is 4.37. The summed E-state index contributed by atoms with van der Waals surface area (Å²) in [6.07, 6.45) is 2.38. The lowest BCUT2D eigenvalue weighted by atomic mass is 10.1. The Kier molecular flexibility index (Phi) is 5.11. The SMILES string of the molecule is CC/C(=N\C#N)N(C)C(C)c1ccc(Cl)cc1F. The highest BCUT2D eigenvalue weighted by molar-refractivity contribution is 6.30. The summed E-state index contributed by atoms with van der Waals surface area (Å²) in [6.45, 7) is 3.76. The third-order valence-electron chi connectivity index (χ3n) is 2.90. The van der Waals surface area contributed by atoms with Gasteiger partial charge in [-0.05, 0) is 19.1 Å². The monoisotopic (exact) mass is 267 g/mol. The lowest BCUT2D eigenvalue weighted by molar-refractivity contribution is 0.383. The number of nitriles is 1. The number of benzene rings is 1. The normalized spacial score (nSPS) is 13.0. The average molecular weight is 268 g/mol. The van der Waals surface area contributed by atoms with Crippen LogP contribution in [0.2, 0.25) is 5.02 Å². The Hall–Kier alpha value is -1.60. The van der Waals surface area contributed by atoms with Gasteiger partial charge in [-0.3, -0.25) is 0 Å². The van der Waals surface area contributed by atoms with Gasteiger partial charge in [0, 0.05) is 24.1 Å². The molecule has 0 radical (unpaired) electrons. The minimum Gasteiger partial charge on any atom is -0.356 e. The third kappa shape index (κ3) is 3.21. The fourth-order valence-electron chi connectivity index (χ4n) is 1.74. The van der Waals surface area contributed by atoms with Crippen molar-refractivity contribution in [3.05, 3.63) is 34.6 Å². The van der Waals surface area contributed by atoms with E-state index < -0.39 is 0 Å². The van der Waals surface area contributed by atoms with Gasteiger partial charge in [0.15, 0.2) is 0 Å². The van der Waals surface area contributed by atoms with Crippen LogP contribution in [-0.4, -0.2) is 17.8 Å². The smallest absolute Gasteiger partial charge is 0.207 e. The van der Waals surface area contributed by atoms with Crippen molar-refractivity contribution in [3.8, 4) is 6.19 Å².